The number of aromatic nitrogens is 1. The molecule has 0 aliphatic heterocycles. The van der Waals surface area contributed by atoms with Gasteiger partial charge in [-0.1, -0.05) is 0 Å². The standard InChI is InChI=1S/C10H14N2O3/c1-6-3-9(14)8(5-11-6)10(15)12-4-7(2)13/h3,5,7,13H,4H2,1-2H3,(H,11,14)(H,12,15)/t7-/m0/s1. The lowest BCUT2D eigenvalue weighted by molar-refractivity contribution is 0.0922. The normalized spacial score (nSPS) is 12.2. The Morgan fingerprint density at radius 2 is 2.33 bits per heavy atom. The van der Waals surface area contributed by atoms with Crippen molar-refractivity contribution in [1.82, 2.24) is 10.3 Å². The van der Waals surface area contributed by atoms with Gasteiger partial charge in [-0.15, -0.1) is 0 Å². The van der Waals surface area contributed by atoms with E-state index in [4.69, 9.17) is 5.11 Å². The monoisotopic (exact) mass is 210 g/mol. The third-order valence-corrected chi connectivity index (χ3v) is 1.86. The van der Waals surface area contributed by atoms with Crippen molar-refractivity contribution >= 4 is 5.91 Å². The van der Waals surface area contributed by atoms with Gasteiger partial charge in [-0.2, -0.15) is 0 Å². The molecule has 0 saturated heterocycles. The fourth-order valence-corrected chi connectivity index (χ4v) is 1.09. The number of aliphatic hydroxyl groups is 1. The average Bonchev–Trinajstić information content (AvgIpc) is 2.14. The third-order valence-electron chi connectivity index (χ3n) is 1.86. The van der Waals surface area contributed by atoms with Gasteiger partial charge in [0.1, 0.15) is 5.56 Å². The minimum Gasteiger partial charge on any atom is -0.392 e. The number of carbonyl (C=O) groups excluding carboxylic acids is 1. The fourth-order valence-electron chi connectivity index (χ4n) is 1.09. The van der Waals surface area contributed by atoms with Gasteiger partial charge >= 0.3 is 0 Å². The minimum absolute atomic E-state index is 0.0567. The van der Waals surface area contributed by atoms with Crippen molar-refractivity contribution in [2.24, 2.45) is 0 Å². The van der Waals surface area contributed by atoms with Crippen molar-refractivity contribution in [1.29, 1.82) is 0 Å². The lowest BCUT2D eigenvalue weighted by Gasteiger charge is -2.06. The SMILES string of the molecule is Cc1cc(=O)c(C(=O)NC[C@H](C)O)c[nH]1. The smallest absolute Gasteiger partial charge is 0.256 e. The van der Waals surface area contributed by atoms with Gasteiger partial charge in [0.05, 0.1) is 6.10 Å². The second-order valence-corrected chi connectivity index (χ2v) is 3.45. The zero-order chi connectivity index (χ0) is 11.4. The molecule has 82 valence electrons. The van der Waals surface area contributed by atoms with E-state index in [-0.39, 0.29) is 17.5 Å². The number of aromatic amines is 1. The molecule has 15 heavy (non-hydrogen) atoms. The van der Waals surface area contributed by atoms with Gasteiger partial charge in [-0.05, 0) is 13.8 Å². The molecular formula is C10H14N2O3. The highest BCUT2D eigenvalue weighted by atomic mass is 16.3. The lowest BCUT2D eigenvalue weighted by atomic mass is 10.2. The molecule has 5 heteroatoms. The molecule has 5 nitrogen and oxygen atoms in total. The Labute approximate surface area is 87.1 Å². The Bertz CT molecular complexity index is 409. The second kappa shape index (κ2) is 4.75. The molecule has 1 aromatic rings. The maximum absolute atomic E-state index is 11.4. The lowest BCUT2D eigenvalue weighted by Crippen LogP contribution is -2.33. The first kappa shape index (κ1) is 11.5. The summed E-state index contributed by atoms with van der Waals surface area (Å²) in [7, 11) is 0. The number of aryl methyl sites for hydroxylation is 1. The maximum Gasteiger partial charge on any atom is 0.256 e. The van der Waals surface area contributed by atoms with Crippen molar-refractivity contribution in [2.75, 3.05) is 6.54 Å². The van der Waals surface area contributed by atoms with Crippen LogP contribution in [0, 0.1) is 6.92 Å². The summed E-state index contributed by atoms with van der Waals surface area (Å²) in [5.41, 5.74) is 0.433. The summed E-state index contributed by atoms with van der Waals surface area (Å²) in [5, 5.41) is 11.4. The highest BCUT2D eigenvalue weighted by Crippen LogP contribution is 1.92. The molecule has 0 bridgehead atoms. The summed E-state index contributed by atoms with van der Waals surface area (Å²) in [5.74, 6) is -0.475. The zero-order valence-electron chi connectivity index (χ0n) is 8.70. The van der Waals surface area contributed by atoms with E-state index in [1.165, 1.54) is 12.3 Å². The van der Waals surface area contributed by atoms with Gasteiger partial charge in [0.25, 0.3) is 5.91 Å². The first-order valence-corrected chi connectivity index (χ1v) is 4.66. The number of rotatable bonds is 3. The van der Waals surface area contributed by atoms with E-state index < -0.39 is 12.0 Å². The Morgan fingerprint density at radius 1 is 1.67 bits per heavy atom. The molecule has 1 aromatic heterocycles. The molecule has 3 N–H and O–H groups in total. The Kier molecular flexibility index (Phi) is 3.62. The van der Waals surface area contributed by atoms with Crippen molar-refractivity contribution in [2.45, 2.75) is 20.0 Å². The first-order chi connectivity index (χ1) is 7.00. The van der Waals surface area contributed by atoms with Crippen molar-refractivity contribution in [3.8, 4) is 0 Å². The fraction of sp³-hybridized carbons (Fsp3) is 0.400. The molecule has 0 aliphatic carbocycles. The minimum atomic E-state index is -0.626. The Balaban J connectivity index is 2.79. The van der Waals surface area contributed by atoms with Crippen molar-refractivity contribution in [3.63, 3.8) is 0 Å². The van der Waals surface area contributed by atoms with Crippen LogP contribution in [0.3, 0.4) is 0 Å². The topological polar surface area (TPSA) is 82.2 Å². The molecule has 0 unspecified atom stereocenters. The number of hydrogen-bond donors (Lipinski definition) is 3. The quantitative estimate of drug-likeness (QED) is 0.645. The molecule has 0 spiro atoms. The molecule has 1 atom stereocenters. The van der Waals surface area contributed by atoms with Gasteiger partial charge in [0.15, 0.2) is 5.43 Å². The van der Waals surface area contributed by atoms with E-state index in [9.17, 15) is 9.59 Å². The van der Waals surface area contributed by atoms with Crippen LogP contribution in [-0.2, 0) is 0 Å². The maximum atomic E-state index is 11.4. The second-order valence-electron chi connectivity index (χ2n) is 3.45. The summed E-state index contributed by atoms with van der Waals surface area (Å²) in [6.45, 7) is 3.42. The highest BCUT2D eigenvalue weighted by Gasteiger charge is 2.10. The van der Waals surface area contributed by atoms with Crippen LogP contribution in [0.1, 0.15) is 23.0 Å². The number of nitrogens with one attached hydrogen (secondary N) is 2. The van der Waals surface area contributed by atoms with Crippen LogP contribution in [0.2, 0.25) is 0 Å². The van der Waals surface area contributed by atoms with Gasteiger partial charge in [0, 0.05) is 24.5 Å². The van der Waals surface area contributed by atoms with Gasteiger partial charge in [0.2, 0.25) is 0 Å². The van der Waals surface area contributed by atoms with Crippen molar-refractivity contribution < 1.29 is 9.90 Å². The number of amides is 1. The first-order valence-electron chi connectivity index (χ1n) is 4.66. The van der Waals surface area contributed by atoms with Crippen LogP contribution in [-0.4, -0.2) is 28.6 Å². The van der Waals surface area contributed by atoms with E-state index in [1.54, 1.807) is 13.8 Å². The molecule has 1 rings (SSSR count). The summed E-state index contributed by atoms with van der Waals surface area (Å²) >= 11 is 0. The average molecular weight is 210 g/mol. The molecule has 0 radical (unpaired) electrons. The van der Waals surface area contributed by atoms with Crippen LogP contribution in [0.25, 0.3) is 0 Å². The molecule has 1 heterocycles. The van der Waals surface area contributed by atoms with E-state index in [2.05, 4.69) is 10.3 Å². The molecular weight excluding hydrogens is 196 g/mol. The van der Waals surface area contributed by atoms with E-state index in [0.717, 1.165) is 0 Å². The Morgan fingerprint density at radius 3 is 2.87 bits per heavy atom. The van der Waals surface area contributed by atoms with Gasteiger partial charge in [-0.25, -0.2) is 0 Å². The largest absolute Gasteiger partial charge is 0.392 e. The van der Waals surface area contributed by atoms with Crippen LogP contribution in [0.15, 0.2) is 17.1 Å². The van der Waals surface area contributed by atoms with Gasteiger partial charge in [-0.3, -0.25) is 9.59 Å². The molecule has 0 saturated carbocycles. The summed E-state index contributed by atoms with van der Waals surface area (Å²) < 4.78 is 0. The van der Waals surface area contributed by atoms with Crippen molar-refractivity contribution in [3.05, 3.63) is 33.7 Å². The van der Waals surface area contributed by atoms with E-state index in [0.29, 0.717) is 5.69 Å². The van der Waals surface area contributed by atoms with E-state index in [1.807, 2.05) is 0 Å². The summed E-state index contributed by atoms with van der Waals surface area (Å²) in [4.78, 5) is 25.6. The number of aliphatic hydroxyl groups excluding tert-OH is 1. The summed E-state index contributed by atoms with van der Waals surface area (Å²) in [6.07, 6.45) is 0.744. The molecule has 0 aliphatic rings. The molecule has 0 fully saturated rings. The highest BCUT2D eigenvalue weighted by molar-refractivity contribution is 5.93. The van der Waals surface area contributed by atoms with Gasteiger partial charge < -0.3 is 15.4 Å². The van der Waals surface area contributed by atoms with E-state index >= 15 is 0 Å². The summed E-state index contributed by atoms with van der Waals surface area (Å²) in [6, 6.07) is 1.36. The number of hydrogen-bond acceptors (Lipinski definition) is 3. The third kappa shape index (κ3) is 3.21. The van der Waals surface area contributed by atoms with Crippen LogP contribution < -0.4 is 10.7 Å². The molecule has 1 amide bonds. The molecule has 0 aromatic carbocycles. The predicted molar refractivity (Wildman–Crippen MR) is 55.8 cm³/mol. The van der Waals surface area contributed by atoms with Crippen LogP contribution >= 0.6 is 0 Å². The Hall–Kier alpha value is -1.62. The number of carbonyl (C=O) groups is 1. The number of H-pyrrole nitrogens is 1. The number of pyridine rings is 1. The zero-order valence-corrected chi connectivity index (χ0v) is 8.70. The van der Waals surface area contributed by atoms with Crippen LogP contribution in [0.5, 0.6) is 0 Å². The van der Waals surface area contributed by atoms with Crippen LogP contribution in [0.4, 0.5) is 0 Å². The predicted octanol–water partition coefficient (Wildman–Crippen LogP) is -0.206.